The summed E-state index contributed by atoms with van der Waals surface area (Å²) in [6, 6.07) is 7.65. The Labute approximate surface area is 267 Å². The number of hydrogen-bond acceptors (Lipinski definition) is 8. The molecular weight excluding hydrogens is 687 g/mol. The topological polar surface area (TPSA) is 229 Å². The lowest BCUT2D eigenvalue weighted by Gasteiger charge is -2.20. The van der Waals surface area contributed by atoms with Crippen molar-refractivity contribution < 1.29 is 61.3 Å². The summed E-state index contributed by atoms with van der Waals surface area (Å²) in [5.41, 5.74) is -2.38. The molecule has 1 saturated heterocycles. The number of halogens is 3. The fraction of sp³-hybridized carbons (Fsp3) is 0.214. The van der Waals surface area contributed by atoms with Crippen LogP contribution in [-0.4, -0.2) is 70.8 Å². The van der Waals surface area contributed by atoms with E-state index in [1.807, 2.05) is 0 Å². The van der Waals surface area contributed by atoms with Crippen LogP contribution in [0, 0.1) is 17.5 Å². The number of aromatic nitrogens is 2. The summed E-state index contributed by atoms with van der Waals surface area (Å²) in [4.78, 5) is 80.0. The number of pyridine rings is 2. The number of rotatable bonds is 9. The van der Waals surface area contributed by atoms with Crippen LogP contribution in [0.2, 0.25) is 0 Å². The van der Waals surface area contributed by atoms with Gasteiger partial charge in [-0.2, -0.15) is 0 Å². The first-order chi connectivity index (χ1) is 22.4. The van der Waals surface area contributed by atoms with Crippen molar-refractivity contribution >= 4 is 44.1 Å². The summed E-state index contributed by atoms with van der Waals surface area (Å²) >= 11 is 0. The summed E-state index contributed by atoms with van der Waals surface area (Å²) in [5, 5.41) is 9.38. The van der Waals surface area contributed by atoms with Gasteiger partial charge in [0.05, 0.1) is 17.1 Å². The van der Waals surface area contributed by atoms with E-state index in [1.54, 1.807) is 0 Å². The van der Waals surface area contributed by atoms with Gasteiger partial charge in [-0.25, -0.2) is 27.7 Å². The number of fused-ring (bicyclic) bond motifs is 1. The summed E-state index contributed by atoms with van der Waals surface area (Å²) in [5.74, 6) is -4.99. The van der Waals surface area contributed by atoms with Crippen LogP contribution >= 0.6 is 15.2 Å². The predicted octanol–water partition coefficient (Wildman–Crippen LogP) is 3.09. The zero-order valence-corrected chi connectivity index (χ0v) is 26.0. The average Bonchev–Trinajstić information content (AvgIpc) is 3.43. The molecule has 48 heavy (non-hydrogen) atoms. The molecule has 2 aromatic carbocycles. The molecule has 15 nitrogen and oxygen atoms in total. The van der Waals surface area contributed by atoms with E-state index in [0.29, 0.717) is 6.07 Å². The lowest BCUT2D eigenvalue weighted by molar-refractivity contribution is 0.0694. The van der Waals surface area contributed by atoms with Crippen molar-refractivity contribution in [1.82, 2.24) is 14.9 Å². The highest BCUT2D eigenvalue weighted by molar-refractivity contribution is 7.70. The number of carbonyl (C=O) groups excluding carboxylic acids is 1. The lowest BCUT2D eigenvalue weighted by Crippen LogP contribution is -2.39. The van der Waals surface area contributed by atoms with E-state index in [2.05, 4.69) is 10.3 Å². The number of benzene rings is 2. The Morgan fingerprint density at radius 1 is 1.00 bits per heavy atom. The van der Waals surface area contributed by atoms with Crippen LogP contribution in [0.5, 0.6) is 5.75 Å². The van der Waals surface area contributed by atoms with E-state index in [0.717, 1.165) is 29.0 Å². The summed E-state index contributed by atoms with van der Waals surface area (Å²) in [6.45, 7) is 0.148. The molecule has 0 spiro atoms. The number of nitrogens with zero attached hydrogens (tertiary/aromatic N) is 3. The van der Waals surface area contributed by atoms with Gasteiger partial charge in [-0.3, -0.25) is 18.5 Å². The van der Waals surface area contributed by atoms with Crippen molar-refractivity contribution in [3.63, 3.8) is 0 Å². The number of carboxylic acids is 1. The third kappa shape index (κ3) is 7.44. The minimum absolute atomic E-state index is 0.00203. The first kappa shape index (κ1) is 34.8. The second-order valence-corrected chi connectivity index (χ2v) is 14.8. The van der Waals surface area contributed by atoms with Gasteiger partial charge in [0.1, 0.15) is 22.9 Å². The van der Waals surface area contributed by atoms with Gasteiger partial charge in [0.15, 0.2) is 22.7 Å². The third-order valence-corrected chi connectivity index (χ3v) is 11.2. The van der Waals surface area contributed by atoms with Gasteiger partial charge < -0.3 is 39.6 Å². The fourth-order valence-corrected chi connectivity index (χ4v) is 7.63. The first-order valence-electron chi connectivity index (χ1n) is 13.8. The van der Waals surface area contributed by atoms with Gasteiger partial charge in [-0.1, -0.05) is 12.1 Å². The molecule has 1 aliphatic rings. The quantitative estimate of drug-likeness (QED) is 0.137. The Hall–Kier alpha value is -4.57. The van der Waals surface area contributed by atoms with Gasteiger partial charge in [0.2, 0.25) is 5.43 Å². The van der Waals surface area contributed by atoms with Crippen LogP contribution in [0.1, 0.15) is 22.3 Å². The highest BCUT2D eigenvalue weighted by atomic mass is 31.2. The number of carboxylic acid groups (broad SMARTS) is 1. The van der Waals surface area contributed by atoms with E-state index >= 15 is 4.39 Å². The highest BCUT2D eigenvalue weighted by Crippen LogP contribution is 2.60. The molecule has 1 unspecified atom stereocenters. The standard InChI is InChI=1S/C28H25F3N4O11P2/c29-15-3-6-22(20(30)10-15)35-13-19(27(37)38)24(36)18-11-21(31)26(33-25(18)35)34-8-7-16(12-34)32-28(39)46-17-4-1-14(2-5-17)9-23(47(40,41)42)48(43,44)45/h1-6,10-11,13,16,23H,7-9,12H2,(H,32,39)(H,37,38)(H2,40,41,42)(H2,43,44,45). The lowest BCUT2D eigenvalue weighted by atomic mass is 10.1. The molecule has 20 heteroatoms. The van der Waals surface area contributed by atoms with Crippen molar-refractivity contribution in [3.8, 4) is 11.4 Å². The van der Waals surface area contributed by atoms with Crippen molar-refractivity contribution in [2.75, 3.05) is 18.0 Å². The molecule has 0 aliphatic carbocycles. The molecule has 0 bridgehead atoms. The molecule has 0 radical (unpaired) electrons. The van der Waals surface area contributed by atoms with E-state index in [1.165, 1.54) is 29.2 Å². The summed E-state index contributed by atoms with van der Waals surface area (Å²) in [6.07, 6.45) is -0.487. The Morgan fingerprint density at radius 2 is 1.67 bits per heavy atom. The molecule has 2 aromatic heterocycles. The minimum Gasteiger partial charge on any atom is -0.477 e. The zero-order valence-electron chi connectivity index (χ0n) is 24.2. The highest BCUT2D eigenvalue weighted by Gasteiger charge is 2.43. The molecular formula is C28H25F3N4O11P2. The van der Waals surface area contributed by atoms with Crippen LogP contribution in [0.25, 0.3) is 16.7 Å². The maximum Gasteiger partial charge on any atom is 0.412 e. The van der Waals surface area contributed by atoms with Gasteiger partial charge in [-0.05, 0) is 48.7 Å². The van der Waals surface area contributed by atoms with E-state index in [-0.39, 0.29) is 48.0 Å². The molecule has 1 atom stereocenters. The van der Waals surface area contributed by atoms with Crippen LogP contribution in [-0.2, 0) is 15.6 Å². The van der Waals surface area contributed by atoms with Crippen molar-refractivity contribution in [1.29, 1.82) is 0 Å². The number of amides is 1. The average molecular weight is 712 g/mol. The monoisotopic (exact) mass is 712 g/mol. The number of ether oxygens (including phenoxy) is 1. The third-order valence-electron chi connectivity index (χ3n) is 7.45. The van der Waals surface area contributed by atoms with Crippen LogP contribution in [0.4, 0.5) is 23.8 Å². The molecule has 4 aromatic rings. The molecule has 254 valence electrons. The Balaban J connectivity index is 1.32. The smallest absolute Gasteiger partial charge is 0.412 e. The Kier molecular flexibility index (Phi) is 9.52. The fourth-order valence-electron chi connectivity index (χ4n) is 5.16. The predicted molar refractivity (Wildman–Crippen MR) is 162 cm³/mol. The van der Waals surface area contributed by atoms with Crippen molar-refractivity contribution in [3.05, 3.63) is 93.5 Å². The maximum absolute atomic E-state index is 15.3. The SMILES string of the molecule is O=C(NC1CCN(c2nc3c(cc2F)c(=O)c(C(=O)O)cn3-c2ccc(F)cc2F)C1)Oc1ccc(CC(P(=O)(O)O)P(=O)(O)O)cc1. The van der Waals surface area contributed by atoms with Gasteiger partial charge in [-0.15, -0.1) is 0 Å². The van der Waals surface area contributed by atoms with Gasteiger partial charge >= 0.3 is 27.3 Å². The molecule has 1 fully saturated rings. The van der Waals surface area contributed by atoms with Crippen LogP contribution < -0.4 is 20.4 Å². The summed E-state index contributed by atoms with van der Waals surface area (Å²) < 4.78 is 72.9. The van der Waals surface area contributed by atoms with Crippen LogP contribution in [0.3, 0.4) is 0 Å². The number of anilines is 1. The van der Waals surface area contributed by atoms with Crippen LogP contribution in [0.15, 0.2) is 59.5 Å². The summed E-state index contributed by atoms with van der Waals surface area (Å²) in [7, 11) is -10.3. The molecule has 6 N–H and O–H groups in total. The zero-order chi connectivity index (χ0) is 35.1. The van der Waals surface area contributed by atoms with Gasteiger partial charge in [0.25, 0.3) is 0 Å². The Morgan fingerprint density at radius 3 is 2.27 bits per heavy atom. The maximum atomic E-state index is 15.3. The van der Waals surface area contributed by atoms with E-state index in [9.17, 15) is 57.0 Å². The van der Waals surface area contributed by atoms with E-state index < -0.39 is 78.9 Å². The second-order valence-electron chi connectivity index (χ2n) is 10.8. The number of carbonyl (C=O) groups is 2. The minimum atomic E-state index is -5.14. The number of hydrogen-bond donors (Lipinski definition) is 6. The first-order valence-corrected chi connectivity index (χ1v) is 17.2. The Bertz CT molecular complexity index is 2060. The second kappa shape index (κ2) is 13.1. The molecule has 3 heterocycles. The number of nitrogens with one attached hydrogen (secondary N) is 1. The van der Waals surface area contributed by atoms with Crippen molar-refractivity contribution in [2.24, 2.45) is 0 Å². The molecule has 5 rings (SSSR count). The molecule has 1 amide bonds. The largest absolute Gasteiger partial charge is 0.477 e. The molecule has 1 aliphatic heterocycles. The number of aromatic carboxylic acids is 1. The normalized spacial score (nSPS) is 15.2. The van der Waals surface area contributed by atoms with Gasteiger partial charge in [0, 0.05) is 25.4 Å². The van der Waals surface area contributed by atoms with E-state index in [4.69, 9.17) is 4.74 Å². The molecule has 0 saturated carbocycles. The van der Waals surface area contributed by atoms with Crippen molar-refractivity contribution in [2.45, 2.75) is 24.3 Å².